The molecule has 1 aliphatic carbocycles. The average molecular weight is 263 g/mol. The molecule has 5 heteroatoms. The molecule has 0 amide bonds. The molecule has 1 aromatic heterocycles. The first-order valence-corrected chi connectivity index (χ1v) is 7.23. The van der Waals surface area contributed by atoms with Crippen molar-refractivity contribution >= 4 is 11.6 Å². The van der Waals surface area contributed by atoms with Gasteiger partial charge >= 0.3 is 0 Å². The number of rotatable bonds is 6. The summed E-state index contributed by atoms with van der Waals surface area (Å²) in [6.45, 7) is 3.51. The van der Waals surface area contributed by atoms with Gasteiger partial charge in [-0.15, -0.1) is 0 Å². The predicted molar refractivity (Wildman–Crippen MR) is 79.6 cm³/mol. The van der Waals surface area contributed by atoms with E-state index in [4.69, 9.17) is 5.73 Å². The fourth-order valence-electron chi connectivity index (χ4n) is 2.62. The summed E-state index contributed by atoms with van der Waals surface area (Å²) in [7, 11) is 2.14. The van der Waals surface area contributed by atoms with Gasteiger partial charge in [0, 0.05) is 25.7 Å². The van der Waals surface area contributed by atoms with E-state index < -0.39 is 0 Å². The SMILES string of the molecule is Cc1nc(NCCCN)cc(N(C)C2CCCC2)n1. The quantitative estimate of drug-likeness (QED) is 0.768. The molecule has 1 aromatic rings. The van der Waals surface area contributed by atoms with Gasteiger partial charge in [-0.25, -0.2) is 9.97 Å². The molecule has 0 radical (unpaired) electrons. The smallest absolute Gasteiger partial charge is 0.134 e. The highest BCUT2D eigenvalue weighted by molar-refractivity contribution is 5.49. The number of hydrogen-bond donors (Lipinski definition) is 2. The Bertz CT molecular complexity index is 401. The highest BCUT2D eigenvalue weighted by Crippen LogP contribution is 2.26. The lowest BCUT2D eigenvalue weighted by Gasteiger charge is -2.26. The zero-order valence-electron chi connectivity index (χ0n) is 12.0. The monoisotopic (exact) mass is 263 g/mol. The standard InChI is InChI=1S/C14H25N5/c1-11-17-13(16-9-5-8-15)10-14(18-11)19(2)12-6-3-4-7-12/h10,12H,3-9,15H2,1-2H3,(H,16,17,18). The minimum Gasteiger partial charge on any atom is -0.370 e. The molecule has 0 unspecified atom stereocenters. The van der Waals surface area contributed by atoms with Gasteiger partial charge in [0.05, 0.1) is 0 Å². The first-order valence-electron chi connectivity index (χ1n) is 7.23. The fraction of sp³-hybridized carbons (Fsp3) is 0.714. The summed E-state index contributed by atoms with van der Waals surface area (Å²) < 4.78 is 0. The molecule has 19 heavy (non-hydrogen) atoms. The zero-order chi connectivity index (χ0) is 13.7. The summed E-state index contributed by atoms with van der Waals surface area (Å²) in [5.74, 6) is 2.74. The maximum absolute atomic E-state index is 5.50. The van der Waals surface area contributed by atoms with Crippen molar-refractivity contribution in [2.45, 2.75) is 45.1 Å². The van der Waals surface area contributed by atoms with Gasteiger partial charge in [-0.3, -0.25) is 0 Å². The van der Waals surface area contributed by atoms with Gasteiger partial charge in [0.25, 0.3) is 0 Å². The molecule has 5 nitrogen and oxygen atoms in total. The van der Waals surface area contributed by atoms with Crippen molar-refractivity contribution in [3.63, 3.8) is 0 Å². The van der Waals surface area contributed by atoms with Gasteiger partial charge in [0.1, 0.15) is 17.5 Å². The molecule has 0 aromatic carbocycles. The van der Waals surface area contributed by atoms with Crippen LogP contribution in [0.4, 0.5) is 11.6 Å². The summed E-state index contributed by atoms with van der Waals surface area (Å²) in [5, 5.41) is 3.31. The molecule has 1 aliphatic rings. The lowest BCUT2D eigenvalue weighted by Crippen LogP contribution is -2.30. The van der Waals surface area contributed by atoms with Gasteiger partial charge in [0.15, 0.2) is 0 Å². The van der Waals surface area contributed by atoms with Crippen LogP contribution in [0.1, 0.15) is 37.9 Å². The Kier molecular flexibility index (Phi) is 4.96. The third kappa shape index (κ3) is 3.80. The highest BCUT2D eigenvalue weighted by atomic mass is 15.2. The second-order valence-corrected chi connectivity index (χ2v) is 5.28. The van der Waals surface area contributed by atoms with Gasteiger partial charge in [0.2, 0.25) is 0 Å². The van der Waals surface area contributed by atoms with Crippen LogP contribution in [0.25, 0.3) is 0 Å². The van der Waals surface area contributed by atoms with E-state index in [-0.39, 0.29) is 0 Å². The van der Waals surface area contributed by atoms with E-state index in [1.807, 2.05) is 13.0 Å². The Morgan fingerprint density at radius 1 is 1.37 bits per heavy atom. The number of hydrogen-bond acceptors (Lipinski definition) is 5. The minimum absolute atomic E-state index is 0.631. The van der Waals surface area contributed by atoms with Crippen LogP contribution in [0.15, 0.2) is 6.07 Å². The van der Waals surface area contributed by atoms with Crippen LogP contribution in [0, 0.1) is 6.92 Å². The van der Waals surface area contributed by atoms with Gasteiger partial charge < -0.3 is 16.0 Å². The topological polar surface area (TPSA) is 67.1 Å². The largest absolute Gasteiger partial charge is 0.370 e. The van der Waals surface area contributed by atoms with Crippen LogP contribution < -0.4 is 16.0 Å². The van der Waals surface area contributed by atoms with Crippen LogP contribution in [0.2, 0.25) is 0 Å². The molecule has 0 spiro atoms. The average Bonchev–Trinajstić information content (AvgIpc) is 2.91. The van der Waals surface area contributed by atoms with Crippen LogP contribution in [-0.4, -0.2) is 36.1 Å². The number of nitrogens with two attached hydrogens (primary N) is 1. The fourth-order valence-corrected chi connectivity index (χ4v) is 2.62. The number of aryl methyl sites for hydroxylation is 1. The van der Waals surface area contributed by atoms with E-state index >= 15 is 0 Å². The van der Waals surface area contributed by atoms with Crippen molar-refractivity contribution < 1.29 is 0 Å². The van der Waals surface area contributed by atoms with Crippen molar-refractivity contribution in [3.8, 4) is 0 Å². The minimum atomic E-state index is 0.631. The van der Waals surface area contributed by atoms with E-state index in [2.05, 4.69) is 27.2 Å². The molecule has 0 bridgehead atoms. The van der Waals surface area contributed by atoms with E-state index in [1.54, 1.807) is 0 Å². The molecule has 2 rings (SSSR count). The van der Waals surface area contributed by atoms with E-state index in [0.29, 0.717) is 12.6 Å². The zero-order valence-corrected chi connectivity index (χ0v) is 12.0. The molecule has 106 valence electrons. The first kappa shape index (κ1) is 14.1. The second kappa shape index (κ2) is 6.70. The number of nitrogens with one attached hydrogen (secondary N) is 1. The number of anilines is 2. The van der Waals surface area contributed by atoms with Crippen molar-refractivity contribution in [2.75, 3.05) is 30.4 Å². The Hall–Kier alpha value is -1.36. The maximum Gasteiger partial charge on any atom is 0.134 e. The number of aromatic nitrogens is 2. The van der Waals surface area contributed by atoms with E-state index in [0.717, 1.165) is 30.4 Å². The summed E-state index contributed by atoms with van der Waals surface area (Å²) in [6, 6.07) is 2.67. The van der Waals surface area contributed by atoms with Crippen molar-refractivity contribution in [3.05, 3.63) is 11.9 Å². The molecule has 1 fully saturated rings. The normalized spacial score (nSPS) is 15.7. The third-order valence-corrected chi connectivity index (χ3v) is 3.75. The summed E-state index contributed by atoms with van der Waals surface area (Å²) in [5.41, 5.74) is 5.50. The Balaban J connectivity index is 2.06. The van der Waals surface area contributed by atoms with Crippen LogP contribution in [0.3, 0.4) is 0 Å². The summed E-state index contributed by atoms with van der Waals surface area (Å²) >= 11 is 0. The first-order chi connectivity index (χ1) is 9.20. The van der Waals surface area contributed by atoms with E-state index in [9.17, 15) is 0 Å². The highest BCUT2D eigenvalue weighted by Gasteiger charge is 2.21. The Labute approximate surface area is 115 Å². The third-order valence-electron chi connectivity index (χ3n) is 3.75. The summed E-state index contributed by atoms with van der Waals surface area (Å²) in [4.78, 5) is 11.3. The molecule has 1 saturated carbocycles. The van der Waals surface area contributed by atoms with E-state index in [1.165, 1.54) is 25.7 Å². The van der Waals surface area contributed by atoms with Gasteiger partial charge in [-0.2, -0.15) is 0 Å². The Morgan fingerprint density at radius 3 is 2.79 bits per heavy atom. The van der Waals surface area contributed by atoms with Crippen LogP contribution >= 0.6 is 0 Å². The molecule has 3 N–H and O–H groups in total. The van der Waals surface area contributed by atoms with Crippen molar-refractivity contribution in [2.24, 2.45) is 5.73 Å². The van der Waals surface area contributed by atoms with Crippen LogP contribution in [-0.2, 0) is 0 Å². The lowest BCUT2D eigenvalue weighted by molar-refractivity contribution is 0.644. The lowest BCUT2D eigenvalue weighted by atomic mass is 10.2. The van der Waals surface area contributed by atoms with Crippen molar-refractivity contribution in [1.29, 1.82) is 0 Å². The molecule has 0 aliphatic heterocycles. The molecule has 1 heterocycles. The maximum atomic E-state index is 5.50. The molecule has 0 saturated heterocycles. The van der Waals surface area contributed by atoms with Gasteiger partial charge in [-0.05, 0) is 32.7 Å². The molecular formula is C14H25N5. The van der Waals surface area contributed by atoms with Crippen molar-refractivity contribution in [1.82, 2.24) is 9.97 Å². The molecular weight excluding hydrogens is 238 g/mol. The summed E-state index contributed by atoms with van der Waals surface area (Å²) in [6.07, 6.45) is 6.17. The van der Waals surface area contributed by atoms with Gasteiger partial charge in [-0.1, -0.05) is 12.8 Å². The second-order valence-electron chi connectivity index (χ2n) is 5.28. The molecule has 0 atom stereocenters. The number of nitrogens with zero attached hydrogens (tertiary/aromatic N) is 3. The predicted octanol–water partition coefficient (Wildman–Crippen LogP) is 1.92. The Morgan fingerprint density at radius 2 is 2.11 bits per heavy atom. The van der Waals surface area contributed by atoms with Crippen LogP contribution in [0.5, 0.6) is 0 Å².